The summed E-state index contributed by atoms with van der Waals surface area (Å²) in [6, 6.07) is 9.68. The van der Waals surface area contributed by atoms with Gasteiger partial charge in [-0.05, 0) is 50.1 Å². The number of benzene rings is 1. The van der Waals surface area contributed by atoms with Crippen molar-refractivity contribution in [2.75, 3.05) is 6.54 Å². The molecule has 0 radical (unpaired) electrons. The number of nitrogens with one attached hydrogen (secondary N) is 1. The summed E-state index contributed by atoms with van der Waals surface area (Å²) in [5, 5.41) is 3.81. The zero-order chi connectivity index (χ0) is 13.7. The van der Waals surface area contributed by atoms with Crippen LogP contribution in [0, 0.1) is 18.8 Å². The Morgan fingerprint density at radius 2 is 2.16 bits per heavy atom. The predicted octanol–water partition coefficient (Wildman–Crippen LogP) is 4.34. The lowest BCUT2D eigenvalue weighted by molar-refractivity contribution is 0.295. The lowest BCUT2D eigenvalue weighted by Crippen LogP contribution is -2.39. The van der Waals surface area contributed by atoms with E-state index < -0.39 is 0 Å². The topological polar surface area (TPSA) is 12.0 Å². The monoisotopic (exact) mass is 259 g/mol. The van der Waals surface area contributed by atoms with Crippen molar-refractivity contribution in [1.29, 1.82) is 0 Å². The van der Waals surface area contributed by atoms with Crippen LogP contribution in [0.4, 0.5) is 0 Å². The van der Waals surface area contributed by atoms with Crippen LogP contribution < -0.4 is 5.32 Å². The van der Waals surface area contributed by atoms with Crippen molar-refractivity contribution in [1.82, 2.24) is 5.32 Å². The van der Waals surface area contributed by atoms with Gasteiger partial charge in [-0.1, -0.05) is 56.5 Å². The normalized spacial score (nSPS) is 24.6. The predicted molar refractivity (Wildman–Crippen MR) is 83.5 cm³/mol. The Balaban J connectivity index is 2.04. The molecule has 1 aliphatic rings. The van der Waals surface area contributed by atoms with Crippen LogP contribution in [-0.4, -0.2) is 12.6 Å². The zero-order valence-electron chi connectivity index (χ0n) is 12.8. The third-order valence-corrected chi connectivity index (χ3v) is 4.64. The highest BCUT2D eigenvalue weighted by molar-refractivity contribution is 5.23. The van der Waals surface area contributed by atoms with Crippen LogP contribution in [0.25, 0.3) is 0 Å². The van der Waals surface area contributed by atoms with Crippen LogP contribution >= 0.6 is 0 Å². The molecular weight excluding hydrogens is 230 g/mol. The van der Waals surface area contributed by atoms with E-state index in [0.29, 0.717) is 6.04 Å². The van der Waals surface area contributed by atoms with E-state index in [1.807, 2.05) is 0 Å². The maximum absolute atomic E-state index is 3.81. The highest BCUT2D eigenvalue weighted by Gasteiger charge is 2.30. The molecule has 0 aromatic heterocycles. The first-order valence-electron chi connectivity index (χ1n) is 7.99. The lowest BCUT2D eigenvalue weighted by atomic mass is 9.86. The molecule has 2 rings (SSSR count). The minimum atomic E-state index is 0.666. The molecule has 1 fully saturated rings. The van der Waals surface area contributed by atoms with Gasteiger partial charge in [-0.2, -0.15) is 0 Å². The fourth-order valence-corrected chi connectivity index (χ4v) is 3.57. The summed E-state index contributed by atoms with van der Waals surface area (Å²) in [7, 11) is 0. The molecule has 1 saturated carbocycles. The number of rotatable bonds is 6. The SMILES string of the molecule is CCCNC(Cc1cccc(C)c1)C1CCCC1C. The highest BCUT2D eigenvalue weighted by Crippen LogP contribution is 2.34. The van der Waals surface area contributed by atoms with Gasteiger partial charge in [0.05, 0.1) is 0 Å². The van der Waals surface area contributed by atoms with Crippen LogP contribution in [0.5, 0.6) is 0 Å². The molecule has 106 valence electrons. The van der Waals surface area contributed by atoms with Gasteiger partial charge in [-0.25, -0.2) is 0 Å². The molecule has 3 atom stereocenters. The van der Waals surface area contributed by atoms with E-state index in [-0.39, 0.29) is 0 Å². The fraction of sp³-hybridized carbons (Fsp3) is 0.667. The molecule has 3 unspecified atom stereocenters. The standard InChI is InChI=1S/C18H29N/c1-4-11-19-18(17-10-6-8-15(17)3)13-16-9-5-7-14(2)12-16/h5,7,9,12,15,17-19H,4,6,8,10-11,13H2,1-3H3. The first-order chi connectivity index (χ1) is 9.20. The largest absolute Gasteiger partial charge is 0.313 e. The molecule has 19 heavy (non-hydrogen) atoms. The van der Waals surface area contributed by atoms with Gasteiger partial charge < -0.3 is 5.32 Å². The summed E-state index contributed by atoms with van der Waals surface area (Å²) in [5.41, 5.74) is 2.87. The van der Waals surface area contributed by atoms with Gasteiger partial charge in [0, 0.05) is 6.04 Å². The number of hydrogen-bond donors (Lipinski definition) is 1. The van der Waals surface area contributed by atoms with Gasteiger partial charge in [0.1, 0.15) is 0 Å². The molecule has 0 spiro atoms. The second kappa shape index (κ2) is 7.09. The van der Waals surface area contributed by atoms with Crippen molar-refractivity contribution in [2.24, 2.45) is 11.8 Å². The van der Waals surface area contributed by atoms with Gasteiger partial charge >= 0.3 is 0 Å². The van der Waals surface area contributed by atoms with Crippen molar-refractivity contribution < 1.29 is 0 Å². The second-order valence-electron chi connectivity index (χ2n) is 6.33. The molecule has 0 aliphatic heterocycles. The van der Waals surface area contributed by atoms with Crippen molar-refractivity contribution >= 4 is 0 Å². The maximum atomic E-state index is 3.81. The Morgan fingerprint density at radius 3 is 2.79 bits per heavy atom. The van der Waals surface area contributed by atoms with E-state index in [1.54, 1.807) is 0 Å². The Hall–Kier alpha value is -0.820. The number of hydrogen-bond acceptors (Lipinski definition) is 1. The van der Waals surface area contributed by atoms with Gasteiger partial charge in [0.25, 0.3) is 0 Å². The van der Waals surface area contributed by atoms with Crippen LogP contribution in [-0.2, 0) is 6.42 Å². The maximum Gasteiger partial charge on any atom is 0.0138 e. The van der Waals surface area contributed by atoms with Crippen LogP contribution in [0.3, 0.4) is 0 Å². The molecule has 0 heterocycles. The van der Waals surface area contributed by atoms with Crippen LogP contribution in [0.2, 0.25) is 0 Å². The molecule has 1 N–H and O–H groups in total. The van der Waals surface area contributed by atoms with Gasteiger partial charge in [0.15, 0.2) is 0 Å². The van der Waals surface area contributed by atoms with Crippen molar-refractivity contribution in [3.05, 3.63) is 35.4 Å². The molecule has 1 aliphatic carbocycles. The minimum absolute atomic E-state index is 0.666. The van der Waals surface area contributed by atoms with E-state index in [4.69, 9.17) is 0 Å². The first-order valence-corrected chi connectivity index (χ1v) is 7.99. The van der Waals surface area contributed by atoms with Gasteiger partial charge in [-0.3, -0.25) is 0 Å². The Morgan fingerprint density at radius 1 is 1.32 bits per heavy atom. The summed E-state index contributed by atoms with van der Waals surface area (Å²) in [5.74, 6) is 1.76. The van der Waals surface area contributed by atoms with Crippen molar-refractivity contribution in [3.63, 3.8) is 0 Å². The van der Waals surface area contributed by atoms with Crippen LogP contribution in [0.1, 0.15) is 50.7 Å². The molecule has 1 aromatic rings. The summed E-state index contributed by atoms with van der Waals surface area (Å²) < 4.78 is 0. The van der Waals surface area contributed by atoms with E-state index >= 15 is 0 Å². The summed E-state index contributed by atoms with van der Waals surface area (Å²) in [6.45, 7) is 8.04. The van der Waals surface area contributed by atoms with E-state index in [0.717, 1.165) is 18.4 Å². The van der Waals surface area contributed by atoms with Crippen molar-refractivity contribution in [3.8, 4) is 0 Å². The smallest absolute Gasteiger partial charge is 0.0138 e. The molecule has 0 saturated heterocycles. The molecule has 1 nitrogen and oxygen atoms in total. The molecule has 1 heteroatoms. The Bertz CT molecular complexity index is 385. The average Bonchev–Trinajstić information content (AvgIpc) is 2.81. The summed E-state index contributed by atoms with van der Waals surface area (Å²) >= 11 is 0. The summed E-state index contributed by atoms with van der Waals surface area (Å²) in [4.78, 5) is 0. The van der Waals surface area contributed by atoms with Gasteiger partial charge in [0.2, 0.25) is 0 Å². The highest BCUT2D eigenvalue weighted by atomic mass is 14.9. The summed E-state index contributed by atoms with van der Waals surface area (Å²) in [6.07, 6.45) is 6.67. The number of aryl methyl sites for hydroxylation is 1. The van der Waals surface area contributed by atoms with E-state index in [1.165, 1.54) is 43.2 Å². The molecule has 0 bridgehead atoms. The Kier molecular flexibility index (Phi) is 5.45. The van der Waals surface area contributed by atoms with Crippen LogP contribution in [0.15, 0.2) is 24.3 Å². The first kappa shape index (κ1) is 14.6. The lowest BCUT2D eigenvalue weighted by Gasteiger charge is -2.28. The quantitative estimate of drug-likeness (QED) is 0.801. The zero-order valence-corrected chi connectivity index (χ0v) is 12.8. The average molecular weight is 259 g/mol. The van der Waals surface area contributed by atoms with Gasteiger partial charge in [-0.15, -0.1) is 0 Å². The fourth-order valence-electron chi connectivity index (χ4n) is 3.57. The Labute approximate surface area is 118 Å². The molecule has 1 aromatic carbocycles. The van der Waals surface area contributed by atoms with E-state index in [2.05, 4.69) is 50.4 Å². The van der Waals surface area contributed by atoms with Crippen molar-refractivity contribution in [2.45, 2.75) is 58.9 Å². The molecular formula is C18H29N. The van der Waals surface area contributed by atoms with E-state index in [9.17, 15) is 0 Å². The minimum Gasteiger partial charge on any atom is -0.313 e. The second-order valence-corrected chi connectivity index (χ2v) is 6.33. The third-order valence-electron chi connectivity index (χ3n) is 4.64. The molecule has 0 amide bonds. The third kappa shape index (κ3) is 4.07.